The Labute approximate surface area is 116 Å². The van der Waals surface area contributed by atoms with E-state index >= 15 is 0 Å². The van der Waals surface area contributed by atoms with Crippen molar-refractivity contribution in [2.45, 2.75) is 45.1 Å². The van der Waals surface area contributed by atoms with Crippen LogP contribution in [-0.2, 0) is 0 Å². The fourth-order valence-electron chi connectivity index (χ4n) is 2.44. The second-order valence-corrected chi connectivity index (χ2v) is 5.45. The van der Waals surface area contributed by atoms with Gasteiger partial charge >= 0.3 is 0 Å². The number of nitrogens with zero attached hydrogens (tertiary/aromatic N) is 2. The summed E-state index contributed by atoms with van der Waals surface area (Å²) in [5.41, 5.74) is 2.43. The molecule has 1 saturated carbocycles. The van der Waals surface area contributed by atoms with Gasteiger partial charge in [0.05, 0.1) is 10.7 Å². The van der Waals surface area contributed by atoms with Gasteiger partial charge in [-0.15, -0.1) is 0 Å². The summed E-state index contributed by atoms with van der Waals surface area (Å²) < 4.78 is 6.80. The number of aromatic nitrogens is 2. The molecule has 0 saturated heterocycles. The molecule has 1 aromatic heterocycles. The molecule has 0 aromatic carbocycles. The Morgan fingerprint density at radius 3 is 3.00 bits per heavy atom. The quantitative estimate of drug-likeness (QED) is 0.660. The normalized spacial score (nSPS) is 23.7. The molecule has 3 N–H and O–H groups in total. The lowest BCUT2D eigenvalue weighted by Gasteiger charge is -2.31. The molecule has 1 heterocycles. The molecule has 0 bridgehead atoms. The van der Waals surface area contributed by atoms with E-state index in [-0.39, 0.29) is 6.10 Å². The molecule has 2 unspecified atom stereocenters. The summed E-state index contributed by atoms with van der Waals surface area (Å²) in [4.78, 5) is 8.25. The number of hydrazine groups is 1. The van der Waals surface area contributed by atoms with E-state index in [2.05, 4.69) is 38.2 Å². The lowest BCUT2D eigenvalue weighted by atomic mass is 9.85. The maximum absolute atomic E-state index is 6.04. The van der Waals surface area contributed by atoms with E-state index in [9.17, 15) is 0 Å². The van der Waals surface area contributed by atoms with Crippen molar-refractivity contribution in [2.75, 3.05) is 5.43 Å². The highest BCUT2D eigenvalue weighted by Gasteiger charge is 2.26. The second-order valence-electron chi connectivity index (χ2n) is 4.60. The Hall–Kier alpha value is -0.880. The molecule has 6 heteroatoms. The molecule has 1 fully saturated rings. The Bertz CT molecular complexity index is 402. The van der Waals surface area contributed by atoms with E-state index in [4.69, 9.17) is 10.6 Å². The molecule has 1 aliphatic rings. The third-order valence-corrected chi connectivity index (χ3v) is 4.01. The van der Waals surface area contributed by atoms with E-state index in [1.165, 1.54) is 19.3 Å². The molecule has 0 amide bonds. The number of nitrogens with two attached hydrogens (primary N) is 1. The van der Waals surface area contributed by atoms with Gasteiger partial charge in [0.25, 0.3) is 0 Å². The number of hydrogen-bond donors (Lipinski definition) is 2. The van der Waals surface area contributed by atoms with Gasteiger partial charge in [0, 0.05) is 0 Å². The molecule has 2 rings (SSSR count). The average Bonchev–Trinajstić information content (AvgIpc) is 2.42. The molecule has 1 aromatic rings. The van der Waals surface area contributed by atoms with Gasteiger partial charge in [-0.3, -0.25) is 5.43 Å². The Morgan fingerprint density at radius 2 is 2.28 bits per heavy atom. The van der Waals surface area contributed by atoms with E-state index < -0.39 is 0 Å². The van der Waals surface area contributed by atoms with Gasteiger partial charge in [-0.25, -0.2) is 10.8 Å². The number of hydrogen-bond acceptors (Lipinski definition) is 5. The second kappa shape index (κ2) is 6.33. The van der Waals surface area contributed by atoms with Crippen LogP contribution in [0.1, 0.15) is 39.0 Å². The fourth-order valence-corrected chi connectivity index (χ4v) is 2.73. The lowest BCUT2D eigenvalue weighted by Crippen LogP contribution is -2.30. The average molecular weight is 315 g/mol. The van der Waals surface area contributed by atoms with Crippen molar-refractivity contribution in [3.63, 3.8) is 0 Å². The minimum Gasteiger partial charge on any atom is -0.473 e. The van der Waals surface area contributed by atoms with Crippen LogP contribution in [0.4, 0.5) is 5.95 Å². The van der Waals surface area contributed by atoms with Crippen LogP contribution in [0.3, 0.4) is 0 Å². The van der Waals surface area contributed by atoms with Crippen molar-refractivity contribution in [3.8, 4) is 5.88 Å². The van der Waals surface area contributed by atoms with E-state index in [0.717, 1.165) is 17.3 Å². The molecule has 5 nitrogen and oxygen atoms in total. The fraction of sp³-hybridized carbons (Fsp3) is 0.667. The number of halogens is 1. The lowest BCUT2D eigenvalue weighted by molar-refractivity contribution is 0.0850. The van der Waals surface area contributed by atoms with Gasteiger partial charge in [0.2, 0.25) is 11.8 Å². The number of anilines is 1. The first-order chi connectivity index (χ1) is 8.74. The molecular formula is C12H19BrN4O. The topological polar surface area (TPSA) is 73.1 Å². The number of nitrogens with one attached hydrogen (secondary N) is 1. The van der Waals surface area contributed by atoms with Crippen molar-refractivity contribution in [2.24, 2.45) is 11.8 Å². The maximum Gasteiger partial charge on any atom is 0.240 e. The Kier molecular flexibility index (Phi) is 4.77. The van der Waals surface area contributed by atoms with Crippen LogP contribution in [0.5, 0.6) is 5.88 Å². The first-order valence-electron chi connectivity index (χ1n) is 6.40. The number of nitrogen functional groups attached to an aromatic ring is 1. The summed E-state index contributed by atoms with van der Waals surface area (Å²) in [6, 6.07) is 0. The van der Waals surface area contributed by atoms with Gasteiger partial charge in [-0.1, -0.05) is 13.3 Å². The zero-order valence-electron chi connectivity index (χ0n) is 10.5. The van der Waals surface area contributed by atoms with Crippen LogP contribution < -0.4 is 16.0 Å². The van der Waals surface area contributed by atoms with Crippen LogP contribution in [-0.4, -0.2) is 16.1 Å². The van der Waals surface area contributed by atoms with Gasteiger partial charge < -0.3 is 4.74 Å². The molecule has 100 valence electrons. The smallest absolute Gasteiger partial charge is 0.240 e. The van der Waals surface area contributed by atoms with Crippen LogP contribution in [0.15, 0.2) is 10.7 Å². The molecule has 0 radical (unpaired) electrons. The summed E-state index contributed by atoms with van der Waals surface area (Å²) >= 11 is 3.41. The molecule has 1 aliphatic carbocycles. The summed E-state index contributed by atoms with van der Waals surface area (Å²) in [7, 11) is 0. The SMILES string of the molecule is CCC1CCCCC1Oc1nc(NN)ncc1Br. The van der Waals surface area contributed by atoms with Gasteiger partial charge in [0.1, 0.15) is 6.10 Å². The number of rotatable bonds is 4. The molecule has 18 heavy (non-hydrogen) atoms. The van der Waals surface area contributed by atoms with Crippen molar-refractivity contribution in [3.05, 3.63) is 10.7 Å². The van der Waals surface area contributed by atoms with Gasteiger partial charge in [-0.05, 0) is 47.5 Å². The largest absolute Gasteiger partial charge is 0.473 e. The van der Waals surface area contributed by atoms with E-state index in [1.807, 2.05) is 0 Å². The third kappa shape index (κ3) is 3.11. The van der Waals surface area contributed by atoms with E-state index in [1.54, 1.807) is 6.20 Å². The monoisotopic (exact) mass is 314 g/mol. The maximum atomic E-state index is 6.04. The zero-order valence-corrected chi connectivity index (χ0v) is 12.1. The van der Waals surface area contributed by atoms with Crippen molar-refractivity contribution in [1.29, 1.82) is 0 Å². The highest BCUT2D eigenvalue weighted by Crippen LogP contribution is 2.32. The minimum atomic E-state index is 0.251. The standard InChI is InChI=1S/C12H19BrN4O/c1-2-8-5-3-4-6-10(8)18-11-9(13)7-15-12(16-11)17-14/h7-8,10H,2-6,14H2,1H3,(H,15,16,17). The first kappa shape index (κ1) is 13.5. The van der Waals surface area contributed by atoms with Crippen molar-refractivity contribution >= 4 is 21.9 Å². The highest BCUT2D eigenvalue weighted by molar-refractivity contribution is 9.10. The predicted molar refractivity (Wildman–Crippen MR) is 74.2 cm³/mol. The highest BCUT2D eigenvalue weighted by atomic mass is 79.9. The third-order valence-electron chi connectivity index (χ3n) is 3.47. The summed E-state index contributed by atoms with van der Waals surface area (Å²) in [5.74, 6) is 6.87. The minimum absolute atomic E-state index is 0.251. The predicted octanol–water partition coefficient (Wildman–Crippen LogP) is 2.87. The molecular weight excluding hydrogens is 296 g/mol. The molecule has 0 aliphatic heterocycles. The molecule has 0 spiro atoms. The Balaban J connectivity index is 2.11. The van der Waals surface area contributed by atoms with Crippen LogP contribution in [0.2, 0.25) is 0 Å². The summed E-state index contributed by atoms with van der Waals surface area (Å²) in [6.07, 6.45) is 7.92. The Morgan fingerprint density at radius 1 is 1.50 bits per heavy atom. The summed E-state index contributed by atoms with van der Waals surface area (Å²) in [5, 5.41) is 0. The van der Waals surface area contributed by atoms with Crippen molar-refractivity contribution < 1.29 is 4.74 Å². The number of ether oxygens (including phenoxy) is 1. The first-order valence-corrected chi connectivity index (χ1v) is 7.19. The van der Waals surface area contributed by atoms with Crippen LogP contribution in [0.25, 0.3) is 0 Å². The summed E-state index contributed by atoms with van der Waals surface area (Å²) in [6.45, 7) is 2.22. The zero-order chi connectivity index (χ0) is 13.0. The van der Waals surface area contributed by atoms with Gasteiger partial charge in [-0.2, -0.15) is 4.98 Å². The van der Waals surface area contributed by atoms with Gasteiger partial charge in [0.15, 0.2) is 0 Å². The van der Waals surface area contributed by atoms with Crippen molar-refractivity contribution in [1.82, 2.24) is 9.97 Å². The van der Waals surface area contributed by atoms with E-state index in [0.29, 0.717) is 17.7 Å². The molecule has 2 atom stereocenters. The van der Waals surface area contributed by atoms with Crippen LogP contribution in [0, 0.1) is 5.92 Å². The van der Waals surface area contributed by atoms with Crippen LogP contribution >= 0.6 is 15.9 Å².